The summed E-state index contributed by atoms with van der Waals surface area (Å²) in [5.41, 5.74) is 0.718. The number of benzene rings is 1. The van der Waals surface area contributed by atoms with Gasteiger partial charge in [-0.1, -0.05) is 6.42 Å². The summed E-state index contributed by atoms with van der Waals surface area (Å²) in [5, 5.41) is 3.18. The van der Waals surface area contributed by atoms with Gasteiger partial charge in [-0.25, -0.2) is 0 Å². The van der Waals surface area contributed by atoms with Crippen LogP contribution in [0.1, 0.15) is 62.7 Å². The van der Waals surface area contributed by atoms with Crippen LogP contribution in [0.15, 0.2) is 24.3 Å². The molecule has 1 aromatic carbocycles. The van der Waals surface area contributed by atoms with Gasteiger partial charge >= 0.3 is 0 Å². The van der Waals surface area contributed by atoms with E-state index in [1.165, 1.54) is 19.3 Å². The van der Waals surface area contributed by atoms with Gasteiger partial charge in [0.25, 0.3) is 5.91 Å². The van der Waals surface area contributed by atoms with Gasteiger partial charge in [0.2, 0.25) is 0 Å². The van der Waals surface area contributed by atoms with E-state index in [1.807, 2.05) is 24.3 Å². The number of nitrogens with zero attached hydrogens (tertiary/aromatic N) is 2. The molecule has 154 valence electrons. The molecule has 1 unspecified atom stereocenters. The van der Waals surface area contributed by atoms with Gasteiger partial charge in [0.05, 0.1) is 0 Å². The molecule has 0 bridgehead atoms. The molecule has 2 saturated heterocycles. The number of amides is 1. The molecule has 4 rings (SSSR count). The van der Waals surface area contributed by atoms with Gasteiger partial charge in [0.1, 0.15) is 11.9 Å². The Balaban J connectivity index is 1.23. The average molecular weight is 386 g/mol. The molecule has 2 aliphatic heterocycles. The van der Waals surface area contributed by atoms with Crippen LogP contribution in [0.5, 0.6) is 5.75 Å². The van der Waals surface area contributed by atoms with Crippen LogP contribution in [-0.2, 0) is 0 Å². The molecule has 28 heavy (non-hydrogen) atoms. The zero-order chi connectivity index (χ0) is 19.5. The summed E-state index contributed by atoms with van der Waals surface area (Å²) >= 11 is 0. The molecule has 1 amide bonds. The summed E-state index contributed by atoms with van der Waals surface area (Å²) < 4.78 is 6.18. The van der Waals surface area contributed by atoms with Crippen molar-refractivity contribution >= 4 is 5.91 Å². The Hall–Kier alpha value is -1.59. The van der Waals surface area contributed by atoms with Gasteiger partial charge < -0.3 is 15.0 Å². The highest BCUT2D eigenvalue weighted by atomic mass is 16.5. The Labute approximate surface area is 169 Å². The SMILES string of the molecule is CC(C)N1CCC(NC(=O)c2ccc(OC3CCN(C4CCC4)CC3)cc2)C1. The Bertz CT molecular complexity index is 648. The topological polar surface area (TPSA) is 44.8 Å². The van der Waals surface area contributed by atoms with Gasteiger partial charge in [0, 0.05) is 49.9 Å². The maximum absolute atomic E-state index is 12.5. The molecule has 5 nitrogen and oxygen atoms in total. The maximum atomic E-state index is 12.5. The van der Waals surface area contributed by atoms with Crippen LogP contribution in [0.4, 0.5) is 0 Å². The van der Waals surface area contributed by atoms with Gasteiger partial charge in [0.15, 0.2) is 0 Å². The Kier molecular flexibility index (Phi) is 6.22. The summed E-state index contributed by atoms with van der Waals surface area (Å²) in [6.45, 7) is 8.74. The number of ether oxygens (including phenoxy) is 1. The molecule has 0 aromatic heterocycles. The van der Waals surface area contributed by atoms with E-state index in [1.54, 1.807) is 0 Å². The van der Waals surface area contributed by atoms with Crippen molar-refractivity contribution in [3.8, 4) is 5.75 Å². The van der Waals surface area contributed by atoms with Crippen LogP contribution in [0, 0.1) is 0 Å². The minimum atomic E-state index is 0.0240. The summed E-state index contributed by atoms with van der Waals surface area (Å²) in [6, 6.07) is 9.31. The van der Waals surface area contributed by atoms with Gasteiger partial charge in [-0.3, -0.25) is 9.69 Å². The molecule has 5 heteroatoms. The Morgan fingerprint density at radius 2 is 1.75 bits per heavy atom. The number of nitrogens with one attached hydrogen (secondary N) is 1. The standard InChI is InChI=1S/C23H35N3O2/c1-17(2)26-13-10-19(16-26)24-23(27)18-6-8-21(9-7-18)28-22-11-14-25(15-12-22)20-4-3-5-20/h6-9,17,19-20,22H,3-5,10-16H2,1-2H3,(H,24,27). The summed E-state index contributed by atoms with van der Waals surface area (Å²) in [5.74, 6) is 0.904. The number of carbonyl (C=O) groups is 1. The predicted molar refractivity (Wildman–Crippen MR) is 112 cm³/mol. The minimum absolute atomic E-state index is 0.0240. The van der Waals surface area contributed by atoms with Crippen LogP contribution in [-0.4, -0.2) is 66.1 Å². The molecule has 1 aromatic rings. The molecule has 1 atom stereocenters. The average Bonchev–Trinajstić information content (AvgIpc) is 3.11. The number of rotatable bonds is 6. The van der Waals surface area contributed by atoms with Crippen molar-refractivity contribution < 1.29 is 9.53 Å². The van der Waals surface area contributed by atoms with E-state index in [-0.39, 0.29) is 11.9 Å². The third-order valence-electron chi connectivity index (χ3n) is 6.77. The molecule has 1 saturated carbocycles. The second-order valence-electron chi connectivity index (χ2n) is 9.01. The van der Waals surface area contributed by atoms with E-state index >= 15 is 0 Å². The van der Waals surface area contributed by atoms with Gasteiger partial charge in [-0.2, -0.15) is 0 Å². The largest absolute Gasteiger partial charge is 0.490 e. The normalized spacial score (nSPS) is 25.0. The van der Waals surface area contributed by atoms with Crippen molar-refractivity contribution in [3.05, 3.63) is 29.8 Å². The predicted octanol–water partition coefficient (Wildman–Crippen LogP) is 3.29. The molecular weight excluding hydrogens is 350 g/mol. The molecule has 1 aliphatic carbocycles. The first kappa shape index (κ1) is 19.7. The highest BCUT2D eigenvalue weighted by Gasteiger charge is 2.29. The lowest BCUT2D eigenvalue weighted by Crippen LogP contribution is -2.46. The van der Waals surface area contributed by atoms with E-state index in [0.29, 0.717) is 12.1 Å². The number of hydrogen-bond donors (Lipinski definition) is 1. The van der Waals surface area contributed by atoms with Gasteiger partial charge in [-0.05, 0) is 70.2 Å². The molecule has 0 spiro atoms. The first-order chi connectivity index (χ1) is 13.6. The second kappa shape index (κ2) is 8.83. The lowest BCUT2D eigenvalue weighted by atomic mass is 9.90. The number of hydrogen-bond acceptors (Lipinski definition) is 4. The fourth-order valence-electron chi connectivity index (χ4n) is 4.63. The van der Waals surface area contributed by atoms with Gasteiger partial charge in [-0.15, -0.1) is 0 Å². The van der Waals surface area contributed by atoms with Crippen LogP contribution < -0.4 is 10.1 Å². The number of carbonyl (C=O) groups excluding carboxylic acids is 1. The summed E-state index contributed by atoms with van der Waals surface area (Å²) in [7, 11) is 0. The van der Waals surface area contributed by atoms with E-state index in [4.69, 9.17) is 4.74 Å². The quantitative estimate of drug-likeness (QED) is 0.816. The first-order valence-corrected chi connectivity index (χ1v) is 11.1. The van der Waals surface area contributed by atoms with Crippen LogP contribution in [0.2, 0.25) is 0 Å². The monoisotopic (exact) mass is 385 g/mol. The maximum Gasteiger partial charge on any atom is 0.251 e. The van der Waals surface area contributed by atoms with Crippen molar-refractivity contribution in [2.24, 2.45) is 0 Å². The van der Waals surface area contributed by atoms with Crippen molar-refractivity contribution in [3.63, 3.8) is 0 Å². The zero-order valence-corrected chi connectivity index (χ0v) is 17.4. The third-order valence-corrected chi connectivity index (χ3v) is 6.77. The van der Waals surface area contributed by atoms with Crippen molar-refractivity contribution in [2.75, 3.05) is 26.2 Å². The lowest BCUT2D eigenvalue weighted by Gasteiger charge is -2.41. The third kappa shape index (κ3) is 4.69. The molecule has 3 aliphatic rings. The van der Waals surface area contributed by atoms with Crippen molar-refractivity contribution in [1.29, 1.82) is 0 Å². The van der Waals surface area contributed by atoms with Crippen LogP contribution >= 0.6 is 0 Å². The summed E-state index contributed by atoms with van der Waals surface area (Å²) in [4.78, 5) is 17.6. The fourth-order valence-corrected chi connectivity index (χ4v) is 4.63. The smallest absolute Gasteiger partial charge is 0.251 e. The molecule has 3 fully saturated rings. The Morgan fingerprint density at radius 1 is 1.04 bits per heavy atom. The fraction of sp³-hybridized carbons (Fsp3) is 0.696. The van der Waals surface area contributed by atoms with Crippen LogP contribution in [0.25, 0.3) is 0 Å². The lowest BCUT2D eigenvalue weighted by molar-refractivity contribution is 0.0493. The Morgan fingerprint density at radius 3 is 2.32 bits per heavy atom. The number of likely N-dealkylation sites (tertiary alicyclic amines) is 2. The van der Waals surface area contributed by atoms with E-state index in [0.717, 1.165) is 62.8 Å². The van der Waals surface area contributed by atoms with E-state index in [9.17, 15) is 4.79 Å². The van der Waals surface area contributed by atoms with Crippen molar-refractivity contribution in [1.82, 2.24) is 15.1 Å². The first-order valence-electron chi connectivity index (χ1n) is 11.1. The highest BCUT2D eigenvalue weighted by molar-refractivity contribution is 5.94. The molecular formula is C23H35N3O2. The molecule has 1 N–H and O–H groups in total. The number of piperidine rings is 1. The van der Waals surface area contributed by atoms with E-state index < -0.39 is 0 Å². The zero-order valence-electron chi connectivity index (χ0n) is 17.4. The molecule has 0 radical (unpaired) electrons. The summed E-state index contributed by atoms with van der Waals surface area (Å²) in [6.07, 6.45) is 7.70. The van der Waals surface area contributed by atoms with E-state index in [2.05, 4.69) is 29.0 Å². The second-order valence-corrected chi connectivity index (χ2v) is 9.01. The van der Waals surface area contributed by atoms with Crippen LogP contribution in [0.3, 0.4) is 0 Å². The highest BCUT2D eigenvalue weighted by Crippen LogP contribution is 2.28. The van der Waals surface area contributed by atoms with Crippen molar-refractivity contribution in [2.45, 2.75) is 76.6 Å². The molecule has 2 heterocycles. The minimum Gasteiger partial charge on any atom is -0.490 e.